The molecule has 38 heavy (non-hydrogen) atoms. The van der Waals surface area contributed by atoms with Crippen LogP contribution in [0.1, 0.15) is 68.3 Å². The van der Waals surface area contributed by atoms with E-state index in [1.54, 1.807) is 37.3 Å². The smallest absolute Gasteiger partial charge is 0.489 e. The van der Waals surface area contributed by atoms with Crippen LogP contribution in [-0.2, 0) is 16.1 Å². The second kappa shape index (κ2) is 11.3. The van der Waals surface area contributed by atoms with Gasteiger partial charge in [0.2, 0.25) is 0 Å². The minimum absolute atomic E-state index is 0.0474. The van der Waals surface area contributed by atoms with E-state index in [0.717, 1.165) is 24.0 Å². The van der Waals surface area contributed by atoms with Gasteiger partial charge in [-0.25, -0.2) is 0 Å². The number of nitrogens with zero attached hydrogens (tertiary/aromatic N) is 1. The fraction of sp³-hybridized carbons (Fsp3) is 0.379. The summed E-state index contributed by atoms with van der Waals surface area (Å²) in [5, 5.41) is 3.97. The van der Waals surface area contributed by atoms with Crippen molar-refractivity contribution in [1.82, 2.24) is 5.16 Å². The van der Waals surface area contributed by atoms with Crippen LogP contribution in [0.15, 0.2) is 65.4 Å². The van der Waals surface area contributed by atoms with Crippen molar-refractivity contribution >= 4 is 11.5 Å². The van der Waals surface area contributed by atoms with Gasteiger partial charge in [0.15, 0.2) is 0 Å². The summed E-state index contributed by atoms with van der Waals surface area (Å²) < 4.78 is 59.9. The number of allylic oxidation sites excluding steroid dienone is 2. The molecule has 1 heterocycles. The monoisotopic (exact) mass is 529 g/mol. The Bertz CT molecular complexity index is 1260. The number of rotatable bonds is 10. The third-order valence-corrected chi connectivity index (χ3v) is 6.59. The predicted octanol–water partition coefficient (Wildman–Crippen LogP) is 7.44. The van der Waals surface area contributed by atoms with Crippen LogP contribution < -0.4 is 9.47 Å². The van der Waals surface area contributed by atoms with Crippen LogP contribution in [0.5, 0.6) is 11.5 Å². The molecular weight excluding hydrogens is 499 g/mol. The van der Waals surface area contributed by atoms with Crippen molar-refractivity contribution in [2.45, 2.75) is 58.9 Å². The first-order valence-electron chi connectivity index (χ1n) is 12.4. The maximum absolute atomic E-state index is 13.2. The van der Waals surface area contributed by atoms with E-state index >= 15 is 0 Å². The highest BCUT2D eigenvalue weighted by Crippen LogP contribution is 2.47. The van der Waals surface area contributed by atoms with Crippen molar-refractivity contribution in [2.75, 3.05) is 6.61 Å². The molecule has 0 fully saturated rings. The quantitative estimate of drug-likeness (QED) is 0.254. The molecule has 0 bridgehead atoms. The van der Waals surface area contributed by atoms with Gasteiger partial charge < -0.3 is 18.7 Å². The van der Waals surface area contributed by atoms with Gasteiger partial charge in [-0.05, 0) is 60.1 Å². The maximum Gasteiger partial charge on any atom is 0.573 e. The lowest BCUT2D eigenvalue weighted by molar-refractivity contribution is -0.274. The summed E-state index contributed by atoms with van der Waals surface area (Å²) in [5.41, 5.74) is 3.01. The number of alkyl halides is 3. The molecule has 0 N–H and O–H groups in total. The molecule has 0 radical (unpaired) electrons. The van der Waals surface area contributed by atoms with Gasteiger partial charge in [0, 0.05) is 17.5 Å². The van der Waals surface area contributed by atoms with Gasteiger partial charge in [-0.2, -0.15) is 0 Å². The number of aromatic nitrogens is 1. The highest BCUT2D eigenvalue weighted by atomic mass is 19.4. The topological polar surface area (TPSA) is 70.8 Å². The number of esters is 1. The van der Waals surface area contributed by atoms with Gasteiger partial charge in [-0.1, -0.05) is 49.3 Å². The van der Waals surface area contributed by atoms with Gasteiger partial charge in [0.25, 0.3) is 0 Å². The number of hydrogen-bond acceptors (Lipinski definition) is 6. The molecule has 1 aromatic heterocycles. The maximum atomic E-state index is 13.2. The van der Waals surface area contributed by atoms with Crippen LogP contribution in [0.25, 0.3) is 5.57 Å². The number of ether oxygens (including phenoxy) is 3. The van der Waals surface area contributed by atoms with E-state index in [0.29, 0.717) is 22.6 Å². The minimum Gasteiger partial charge on any atom is -0.489 e. The minimum atomic E-state index is -4.81. The second-order valence-corrected chi connectivity index (χ2v) is 9.76. The molecule has 3 aromatic rings. The van der Waals surface area contributed by atoms with E-state index in [-0.39, 0.29) is 42.7 Å². The lowest BCUT2D eigenvalue weighted by atomic mass is 9.81. The van der Waals surface area contributed by atoms with Crippen LogP contribution >= 0.6 is 0 Å². The number of benzene rings is 2. The average Bonchev–Trinajstić information content (AvgIpc) is 3.50. The van der Waals surface area contributed by atoms with E-state index in [1.165, 1.54) is 12.3 Å². The molecule has 0 saturated heterocycles. The first kappa shape index (κ1) is 27.3. The van der Waals surface area contributed by atoms with Crippen molar-refractivity contribution in [1.29, 1.82) is 0 Å². The number of halogens is 3. The van der Waals surface area contributed by atoms with Crippen LogP contribution in [0, 0.1) is 5.41 Å². The third kappa shape index (κ3) is 6.76. The normalized spacial score (nSPS) is 15.6. The van der Waals surface area contributed by atoms with Gasteiger partial charge in [-0.3, -0.25) is 4.79 Å². The summed E-state index contributed by atoms with van der Waals surface area (Å²) in [6, 6.07) is 13.6. The molecule has 0 spiro atoms. The molecule has 1 atom stereocenters. The molecule has 0 unspecified atom stereocenters. The van der Waals surface area contributed by atoms with Crippen molar-refractivity contribution in [3.05, 3.63) is 83.3 Å². The molecule has 0 saturated carbocycles. The first-order valence-corrected chi connectivity index (χ1v) is 12.4. The number of hydrogen-bond donors (Lipinski definition) is 0. The van der Waals surface area contributed by atoms with Crippen molar-refractivity contribution in [2.24, 2.45) is 5.41 Å². The van der Waals surface area contributed by atoms with Gasteiger partial charge in [0.05, 0.1) is 18.7 Å². The second-order valence-electron chi connectivity index (χ2n) is 9.76. The Morgan fingerprint density at radius 1 is 1.13 bits per heavy atom. The van der Waals surface area contributed by atoms with E-state index in [2.05, 4.69) is 9.89 Å². The van der Waals surface area contributed by atoms with Crippen LogP contribution in [0.3, 0.4) is 0 Å². The zero-order valence-electron chi connectivity index (χ0n) is 21.5. The van der Waals surface area contributed by atoms with Crippen LogP contribution in [0.4, 0.5) is 13.2 Å². The molecule has 202 valence electrons. The molecule has 1 aliphatic rings. The molecule has 2 aromatic carbocycles. The Balaban J connectivity index is 1.49. The lowest BCUT2D eigenvalue weighted by Gasteiger charge is -2.25. The van der Waals surface area contributed by atoms with Crippen molar-refractivity contribution in [3.63, 3.8) is 0 Å². The standard InChI is InChI=1S/C29H30F3NO5/c1-4-35-27(34)17-23(25-13-15-37-33-25)20-8-10-21(11-9-20)36-18-19-7-12-22(24-6-5-14-28(24,2)3)26(16-19)38-29(30,31)32/h6-13,15-16,23H,4-5,14,17-18H2,1-3H3/t23-/m0/s1. The van der Waals surface area contributed by atoms with Gasteiger partial charge >= 0.3 is 12.3 Å². The third-order valence-electron chi connectivity index (χ3n) is 6.59. The first-order chi connectivity index (χ1) is 18.1. The zero-order chi connectivity index (χ0) is 27.3. The SMILES string of the molecule is CCOC(=O)C[C@@H](c1ccc(OCc2ccc(C3=CCCC3(C)C)c(OC(F)(F)F)c2)cc1)c1ccon1. The highest BCUT2D eigenvalue weighted by molar-refractivity contribution is 5.76. The van der Waals surface area contributed by atoms with Gasteiger partial charge in [-0.15, -0.1) is 13.2 Å². The lowest BCUT2D eigenvalue weighted by Crippen LogP contribution is -2.19. The summed E-state index contributed by atoms with van der Waals surface area (Å²) in [4.78, 5) is 12.1. The highest BCUT2D eigenvalue weighted by Gasteiger charge is 2.35. The summed E-state index contributed by atoms with van der Waals surface area (Å²) in [7, 11) is 0. The summed E-state index contributed by atoms with van der Waals surface area (Å²) >= 11 is 0. The predicted molar refractivity (Wildman–Crippen MR) is 134 cm³/mol. The Kier molecular flexibility index (Phi) is 8.14. The summed E-state index contributed by atoms with van der Waals surface area (Å²) in [6.45, 7) is 6.11. The summed E-state index contributed by atoms with van der Waals surface area (Å²) in [6.07, 6.45) is 0.388. The zero-order valence-corrected chi connectivity index (χ0v) is 21.5. The fourth-order valence-electron chi connectivity index (χ4n) is 4.70. The Morgan fingerprint density at radius 2 is 1.89 bits per heavy atom. The molecule has 9 heteroatoms. The molecule has 6 nitrogen and oxygen atoms in total. The molecule has 0 aliphatic heterocycles. The van der Waals surface area contributed by atoms with E-state index in [9.17, 15) is 18.0 Å². The van der Waals surface area contributed by atoms with Crippen molar-refractivity contribution < 1.29 is 36.7 Å². The number of carbonyl (C=O) groups excluding carboxylic acids is 1. The molecule has 0 amide bonds. The van der Waals surface area contributed by atoms with E-state index in [1.807, 2.05) is 32.1 Å². The molecule has 4 rings (SSSR count). The fourth-order valence-corrected chi connectivity index (χ4v) is 4.70. The largest absolute Gasteiger partial charge is 0.573 e. The van der Waals surface area contributed by atoms with Gasteiger partial charge in [0.1, 0.15) is 24.4 Å². The molecule has 1 aliphatic carbocycles. The molecular formula is C29H30F3NO5. The van der Waals surface area contributed by atoms with Crippen LogP contribution in [-0.4, -0.2) is 24.1 Å². The summed E-state index contributed by atoms with van der Waals surface area (Å²) in [5.74, 6) is -0.418. The Labute approximate surface area is 219 Å². The average molecular weight is 530 g/mol. The number of carbonyl (C=O) groups is 1. The van der Waals surface area contributed by atoms with Crippen molar-refractivity contribution in [3.8, 4) is 11.5 Å². The van der Waals surface area contributed by atoms with E-state index < -0.39 is 6.36 Å². The van der Waals surface area contributed by atoms with E-state index in [4.69, 9.17) is 14.0 Å². The Hall–Kier alpha value is -3.75. The van der Waals surface area contributed by atoms with Crippen LogP contribution in [0.2, 0.25) is 0 Å². The Morgan fingerprint density at radius 3 is 2.50 bits per heavy atom.